The van der Waals surface area contributed by atoms with E-state index in [0.29, 0.717) is 20.8 Å². The Kier molecular flexibility index (Phi) is 4.40. The van der Waals surface area contributed by atoms with Crippen LogP contribution in [0.2, 0.25) is 5.02 Å². The fraction of sp³-hybridized carbons (Fsp3) is 0.0500. The van der Waals surface area contributed by atoms with Crippen LogP contribution in [0.25, 0.3) is 21.2 Å². The zero-order valence-electron chi connectivity index (χ0n) is 13.8. The van der Waals surface area contributed by atoms with Crippen molar-refractivity contribution in [3.05, 3.63) is 74.3 Å². The highest BCUT2D eigenvalue weighted by atomic mass is 35.5. The van der Waals surface area contributed by atoms with Gasteiger partial charge in [0.2, 0.25) is 0 Å². The first-order valence-corrected chi connectivity index (χ1v) is 9.10. The number of benzene rings is 2. The van der Waals surface area contributed by atoms with Gasteiger partial charge in [-0.2, -0.15) is 4.99 Å². The molecule has 0 saturated heterocycles. The summed E-state index contributed by atoms with van der Waals surface area (Å²) in [5.74, 6) is 1.78. The molecule has 0 aliphatic carbocycles. The van der Waals surface area contributed by atoms with Crippen molar-refractivity contribution in [2.24, 2.45) is 4.99 Å². The second-order valence-electron chi connectivity index (χ2n) is 5.67. The number of para-hydroxylation sites is 1. The van der Waals surface area contributed by atoms with E-state index in [2.05, 4.69) is 10.9 Å². The van der Waals surface area contributed by atoms with Gasteiger partial charge in [-0.15, -0.1) is 6.42 Å². The predicted octanol–water partition coefficient (Wildman–Crippen LogP) is 3.84. The number of amides is 1. The Bertz CT molecular complexity index is 1370. The molecule has 0 atom stereocenters. The van der Waals surface area contributed by atoms with Crippen LogP contribution in [-0.2, 0) is 6.54 Å². The third-order valence-corrected chi connectivity index (χ3v) is 5.21. The maximum Gasteiger partial charge on any atom is 0.315 e. The monoisotopic (exact) mass is 394 g/mol. The fourth-order valence-electron chi connectivity index (χ4n) is 2.73. The highest BCUT2D eigenvalue weighted by Crippen LogP contribution is 2.22. The van der Waals surface area contributed by atoms with E-state index in [1.165, 1.54) is 11.3 Å². The van der Waals surface area contributed by atoms with E-state index in [1.54, 1.807) is 41.0 Å². The van der Waals surface area contributed by atoms with Gasteiger partial charge in [0.05, 0.1) is 22.1 Å². The Balaban J connectivity index is 1.88. The molecule has 0 saturated carbocycles. The lowest BCUT2D eigenvalue weighted by Crippen LogP contribution is -2.17. The summed E-state index contributed by atoms with van der Waals surface area (Å²) in [5.41, 5.74) is 0.868. The summed E-state index contributed by atoms with van der Waals surface area (Å²) in [6.45, 7) is 0.245. The third-order valence-electron chi connectivity index (χ3n) is 3.94. The normalized spacial score (nSPS) is 11.8. The van der Waals surface area contributed by atoms with Crippen molar-refractivity contribution in [2.75, 3.05) is 0 Å². The summed E-state index contributed by atoms with van der Waals surface area (Å²) in [6, 6.07) is 13.3. The minimum absolute atomic E-state index is 0.124. The first kappa shape index (κ1) is 17.3. The topological polar surface area (TPSA) is 64.6 Å². The lowest BCUT2D eigenvalue weighted by Gasteiger charge is -2.00. The quantitative estimate of drug-likeness (QED) is 0.485. The molecule has 4 aromatic rings. The Labute approximate surface area is 162 Å². The number of carbonyl (C=O) groups excluding carboxylic acids is 1. The zero-order valence-corrected chi connectivity index (χ0v) is 15.4. The number of nitrogens with zero attached hydrogens (tertiary/aromatic N) is 2. The van der Waals surface area contributed by atoms with Crippen LogP contribution in [0.5, 0.6) is 0 Å². The molecule has 0 bridgehead atoms. The molecule has 0 fully saturated rings. The molecular formula is C20H11ClN2O3S. The molecule has 27 heavy (non-hydrogen) atoms. The number of thiazole rings is 1. The molecule has 2 heterocycles. The van der Waals surface area contributed by atoms with Gasteiger partial charge in [-0.3, -0.25) is 9.59 Å². The number of hydrogen-bond acceptors (Lipinski definition) is 4. The number of halogens is 1. The Morgan fingerprint density at radius 3 is 2.89 bits per heavy atom. The van der Waals surface area contributed by atoms with Crippen molar-refractivity contribution < 1.29 is 9.21 Å². The molecule has 132 valence electrons. The molecule has 0 aliphatic rings. The minimum Gasteiger partial charge on any atom is -0.451 e. The molecule has 1 amide bonds. The second kappa shape index (κ2) is 6.88. The third kappa shape index (κ3) is 3.19. The molecule has 0 aliphatic heterocycles. The number of rotatable bonds is 2. The van der Waals surface area contributed by atoms with Gasteiger partial charge < -0.3 is 8.98 Å². The highest BCUT2D eigenvalue weighted by molar-refractivity contribution is 7.16. The van der Waals surface area contributed by atoms with Crippen molar-refractivity contribution in [1.82, 2.24) is 4.57 Å². The van der Waals surface area contributed by atoms with E-state index in [4.69, 9.17) is 22.4 Å². The summed E-state index contributed by atoms with van der Waals surface area (Å²) in [5, 5.41) is 0.989. The average molecular weight is 395 g/mol. The number of carbonyl (C=O) groups is 1. The maximum absolute atomic E-state index is 12.6. The van der Waals surface area contributed by atoms with Gasteiger partial charge >= 0.3 is 5.91 Å². The molecule has 4 rings (SSSR count). The van der Waals surface area contributed by atoms with E-state index in [1.807, 2.05) is 6.07 Å². The van der Waals surface area contributed by atoms with Crippen LogP contribution in [0.1, 0.15) is 10.6 Å². The van der Waals surface area contributed by atoms with Gasteiger partial charge in [0.1, 0.15) is 5.58 Å². The molecule has 0 spiro atoms. The first-order valence-electron chi connectivity index (χ1n) is 7.91. The van der Waals surface area contributed by atoms with Crippen LogP contribution >= 0.6 is 22.9 Å². The zero-order chi connectivity index (χ0) is 19.0. The highest BCUT2D eigenvalue weighted by Gasteiger charge is 2.13. The van der Waals surface area contributed by atoms with Crippen LogP contribution in [0.15, 0.2) is 62.7 Å². The van der Waals surface area contributed by atoms with Crippen molar-refractivity contribution in [1.29, 1.82) is 0 Å². The van der Waals surface area contributed by atoms with E-state index in [-0.39, 0.29) is 17.7 Å². The van der Waals surface area contributed by atoms with E-state index in [9.17, 15) is 9.59 Å². The van der Waals surface area contributed by atoms with Crippen LogP contribution in [0, 0.1) is 12.3 Å². The number of fused-ring (bicyclic) bond motifs is 2. The summed E-state index contributed by atoms with van der Waals surface area (Å²) in [4.78, 5) is 29.4. The molecule has 0 radical (unpaired) electrons. The van der Waals surface area contributed by atoms with E-state index < -0.39 is 5.91 Å². The summed E-state index contributed by atoms with van der Waals surface area (Å²) in [7, 11) is 0. The van der Waals surface area contributed by atoms with Gasteiger partial charge in [0.15, 0.2) is 16.0 Å². The second-order valence-corrected chi connectivity index (χ2v) is 7.12. The summed E-state index contributed by atoms with van der Waals surface area (Å²) in [6.07, 6.45) is 5.45. The van der Waals surface area contributed by atoms with Crippen LogP contribution in [-0.4, -0.2) is 10.5 Å². The van der Waals surface area contributed by atoms with Crippen LogP contribution in [0.3, 0.4) is 0 Å². The smallest absolute Gasteiger partial charge is 0.315 e. The molecule has 5 nitrogen and oxygen atoms in total. The lowest BCUT2D eigenvalue weighted by atomic mass is 10.2. The Morgan fingerprint density at radius 2 is 2.07 bits per heavy atom. The number of terminal acetylenes is 1. The minimum atomic E-state index is -0.652. The van der Waals surface area contributed by atoms with Crippen molar-refractivity contribution >= 4 is 50.0 Å². The van der Waals surface area contributed by atoms with Gasteiger partial charge in [-0.05, 0) is 30.3 Å². The maximum atomic E-state index is 12.6. The number of hydrogen-bond donors (Lipinski definition) is 0. The molecule has 2 aromatic heterocycles. The molecule has 0 N–H and O–H groups in total. The summed E-state index contributed by atoms with van der Waals surface area (Å²) < 4.78 is 8.15. The van der Waals surface area contributed by atoms with Crippen molar-refractivity contribution in [3.8, 4) is 12.3 Å². The van der Waals surface area contributed by atoms with Crippen LogP contribution < -0.4 is 10.2 Å². The van der Waals surface area contributed by atoms with Gasteiger partial charge in [-0.1, -0.05) is 41.0 Å². The molecule has 0 unspecified atom stereocenters. The Morgan fingerprint density at radius 1 is 1.26 bits per heavy atom. The Hall–Kier alpha value is -3.14. The molecular weight excluding hydrogens is 384 g/mol. The predicted molar refractivity (Wildman–Crippen MR) is 106 cm³/mol. The largest absolute Gasteiger partial charge is 0.451 e. The van der Waals surface area contributed by atoms with Gasteiger partial charge in [-0.25, -0.2) is 0 Å². The van der Waals surface area contributed by atoms with Crippen molar-refractivity contribution in [2.45, 2.75) is 6.54 Å². The first-order chi connectivity index (χ1) is 13.1. The lowest BCUT2D eigenvalue weighted by molar-refractivity contribution is 0.0972. The van der Waals surface area contributed by atoms with E-state index >= 15 is 0 Å². The fourth-order valence-corrected chi connectivity index (χ4v) is 4.03. The SMILES string of the molecule is C#CCn1c(=NC(=O)c2cc(=O)c3ccccc3o2)sc2cc(Cl)ccc21. The van der Waals surface area contributed by atoms with Crippen LogP contribution in [0.4, 0.5) is 0 Å². The molecule has 7 heteroatoms. The van der Waals surface area contributed by atoms with E-state index in [0.717, 1.165) is 16.3 Å². The van der Waals surface area contributed by atoms with Crippen molar-refractivity contribution in [3.63, 3.8) is 0 Å². The van der Waals surface area contributed by atoms with Gasteiger partial charge in [0.25, 0.3) is 0 Å². The molecule has 2 aromatic carbocycles. The number of aromatic nitrogens is 1. The standard InChI is InChI=1S/C20H11ClN2O3S/c1-2-9-23-14-8-7-12(21)10-18(14)27-20(23)22-19(25)17-11-15(24)13-5-3-4-6-16(13)26-17/h1,3-8,10-11H,9H2. The average Bonchev–Trinajstić information content (AvgIpc) is 2.98. The van der Waals surface area contributed by atoms with Gasteiger partial charge in [0, 0.05) is 11.1 Å². The summed E-state index contributed by atoms with van der Waals surface area (Å²) >= 11 is 7.33.